The molecule has 21 heavy (non-hydrogen) atoms. The standard InChI is InChI=1S/C15H20N2O4/c1-10-7-8-11(9-13(10)17(20)21)15(19)16-12-5-3-2-4-6-14(12)18/h7-9,12,14,18H,2-6H2,1H3,(H,16,19). The summed E-state index contributed by atoms with van der Waals surface area (Å²) in [7, 11) is 0. The van der Waals surface area contributed by atoms with Gasteiger partial charge in [0.1, 0.15) is 0 Å². The number of rotatable bonds is 3. The number of aliphatic hydroxyl groups is 1. The van der Waals surface area contributed by atoms with Gasteiger partial charge in [0.25, 0.3) is 11.6 Å². The summed E-state index contributed by atoms with van der Waals surface area (Å²) in [5.74, 6) is -0.371. The zero-order valence-corrected chi connectivity index (χ0v) is 12.0. The molecule has 0 spiro atoms. The van der Waals surface area contributed by atoms with Crippen LogP contribution in [0.15, 0.2) is 18.2 Å². The number of nitrogens with zero attached hydrogens (tertiary/aromatic N) is 1. The number of nitro groups is 1. The monoisotopic (exact) mass is 292 g/mol. The Morgan fingerprint density at radius 2 is 2.05 bits per heavy atom. The van der Waals surface area contributed by atoms with Gasteiger partial charge in [-0.3, -0.25) is 14.9 Å². The molecule has 2 rings (SSSR count). The Labute approximate surface area is 123 Å². The Balaban J connectivity index is 2.12. The summed E-state index contributed by atoms with van der Waals surface area (Å²) < 4.78 is 0. The van der Waals surface area contributed by atoms with E-state index in [1.807, 2.05) is 0 Å². The molecule has 6 nitrogen and oxygen atoms in total. The summed E-state index contributed by atoms with van der Waals surface area (Å²) in [6, 6.07) is 4.14. The van der Waals surface area contributed by atoms with Crippen LogP contribution in [0.3, 0.4) is 0 Å². The zero-order chi connectivity index (χ0) is 15.4. The molecule has 2 atom stereocenters. The molecule has 0 saturated heterocycles. The third-order valence-corrected chi connectivity index (χ3v) is 3.96. The van der Waals surface area contributed by atoms with Crippen molar-refractivity contribution in [2.45, 2.75) is 51.2 Å². The van der Waals surface area contributed by atoms with Gasteiger partial charge in [0.15, 0.2) is 0 Å². The lowest BCUT2D eigenvalue weighted by molar-refractivity contribution is -0.385. The van der Waals surface area contributed by atoms with Crippen LogP contribution in [0, 0.1) is 17.0 Å². The van der Waals surface area contributed by atoms with E-state index in [0.717, 1.165) is 25.7 Å². The number of nitro benzene ring substituents is 1. The van der Waals surface area contributed by atoms with Crippen LogP contribution < -0.4 is 5.32 Å². The van der Waals surface area contributed by atoms with Gasteiger partial charge >= 0.3 is 0 Å². The normalized spacial score (nSPS) is 22.4. The summed E-state index contributed by atoms with van der Waals surface area (Å²) in [5, 5.41) is 23.7. The lowest BCUT2D eigenvalue weighted by Gasteiger charge is -2.21. The first-order chi connectivity index (χ1) is 9.99. The largest absolute Gasteiger partial charge is 0.391 e. The van der Waals surface area contributed by atoms with E-state index in [1.165, 1.54) is 6.07 Å². The van der Waals surface area contributed by atoms with Gasteiger partial charge in [-0.15, -0.1) is 0 Å². The molecule has 0 radical (unpaired) electrons. The number of amides is 1. The maximum atomic E-state index is 12.2. The van der Waals surface area contributed by atoms with Crippen molar-refractivity contribution in [1.29, 1.82) is 0 Å². The average Bonchev–Trinajstić information content (AvgIpc) is 2.64. The minimum Gasteiger partial charge on any atom is -0.391 e. The number of aryl methyl sites for hydroxylation is 1. The molecule has 0 heterocycles. The van der Waals surface area contributed by atoms with E-state index in [2.05, 4.69) is 5.32 Å². The number of carbonyl (C=O) groups excluding carboxylic acids is 1. The highest BCUT2D eigenvalue weighted by Gasteiger charge is 2.24. The van der Waals surface area contributed by atoms with Crippen LogP contribution in [0.25, 0.3) is 0 Å². The van der Waals surface area contributed by atoms with Gasteiger partial charge in [-0.05, 0) is 25.8 Å². The molecular formula is C15H20N2O4. The fourth-order valence-corrected chi connectivity index (χ4v) is 2.66. The number of hydrogen-bond donors (Lipinski definition) is 2. The van der Waals surface area contributed by atoms with E-state index >= 15 is 0 Å². The molecule has 1 aromatic rings. The molecule has 0 bridgehead atoms. The summed E-state index contributed by atoms with van der Waals surface area (Å²) >= 11 is 0. The second kappa shape index (κ2) is 6.67. The van der Waals surface area contributed by atoms with E-state index in [9.17, 15) is 20.0 Å². The molecule has 1 fully saturated rings. The minimum atomic E-state index is -0.545. The highest BCUT2D eigenvalue weighted by atomic mass is 16.6. The molecule has 1 aliphatic rings. The summed E-state index contributed by atoms with van der Waals surface area (Å²) in [6.45, 7) is 1.63. The second-order valence-electron chi connectivity index (χ2n) is 5.54. The van der Waals surface area contributed by atoms with Crippen LogP contribution in [-0.2, 0) is 0 Å². The maximum absolute atomic E-state index is 12.2. The molecule has 1 amide bonds. The smallest absolute Gasteiger partial charge is 0.273 e. The SMILES string of the molecule is Cc1ccc(C(=O)NC2CCCCCC2O)cc1[N+](=O)[O-]. The predicted molar refractivity (Wildman–Crippen MR) is 78.2 cm³/mol. The summed E-state index contributed by atoms with van der Waals surface area (Å²) in [5.41, 5.74) is 0.707. The van der Waals surface area contributed by atoms with Crippen LogP contribution in [0.4, 0.5) is 5.69 Å². The van der Waals surface area contributed by atoms with Crippen LogP contribution in [0.1, 0.15) is 48.0 Å². The Kier molecular flexibility index (Phi) is 4.90. The van der Waals surface area contributed by atoms with Crippen LogP contribution in [0.5, 0.6) is 0 Å². The molecular weight excluding hydrogens is 272 g/mol. The Morgan fingerprint density at radius 3 is 2.76 bits per heavy atom. The van der Waals surface area contributed by atoms with E-state index < -0.39 is 11.0 Å². The van der Waals surface area contributed by atoms with Gasteiger partial charge in [-0.1, -0.05) is 25.3 Å². The van der Waals surface area contributed by atoms with E-state index in [1.54, 1.807) is 19.1 Å². The predicted octanol–water partition coefficient (Wildman–Crippen LogP) is 2.33. The zero-order valence-electron chi connectivity index (χ0n) is 12.0. The Bertz CT molecular complexity index is 544. The van der Waals surface area contributed by atoms with Gasteiger partial charge < -0.3 is 10.4 Å². The van der Waals surface area contributed by atoms with Crippen molar-refractivity contribution in [2.24, 2.45) is 0 Å². The Morgan fingerprint density at radius 1 is 1.33 bits per heavy atom. The maximum Gasteiger partial charge on any atom is 0.273 e. The average molecular weight is 292 g/mol. The second-order valence-corrected chi connectivity index (χ2v) is 5.54. The van der Waals surface area contributed by atoms with Crippen LogP contribution in [-0.4, -0.2) is 28.1 Å². The van der Waals surface area contributed by atoms with Gasteiger partial charge in [-0.25, -0.2) is 0 Å². The number of nitrogens with one attached hydrogen (secondary N) is 1. The van der Waals surface area contributed by atoms with Crippen molar-refractivity contribution < 1.29 is 14.8 Å². The molecule has 0 aromatic heterocycles. The van der Waals surface area contributed by atoms with Crippen molar-refractivity contribution >= 4 is 11.6 Å². The lowest BCUT2D eigenvalue weighted by atomic mass is 10.0. The molecule has 0 aliphatic heterocycles. The fourth-order valence-electron chi connectivity index (χ4n) is 2.66. The third kappa shape index (κ3) is 3.78. The highest BCUT2D eigenvalue weighted by molar-refractivity contribution is 5.95. The highest BCUT2D eigenvalue weighted by Crippen LogP contribution is 2.21. The number of aliphatic hydroxyl groups excluding tert-OH is 1. The molecule has 2 N–H and O–H groups in total. The van der Waals surface area contributed by atoms with Crippen LogP contribution >= 0.6 is 0 Å². The number of hydrogen-bond acceptors (Lipinski definition) is 4. The minimum absolute atomic E-state index is 0.0657. The van der Waals surface area contributed by atoms with E-state index in [4.69, 9.17) is 0 Å². The van der Waals surface area contributed by atoms with Gasteiger partial charge in [0.2, 0.25) is 0 Å². The topological polar surface area (TPSA) is 92.5 Å². The lowest BCUT2D eigenvalue weighted by Crippen LogP contribution is -2.42. The summed E-state index contributed by atoms with van der Waals surface area (Å²) in [4.78, 5) is 22.6. The van der Waals surface area contributed by atoms with Crippen molar-refractivity contribution in [3.63, 3.8) is 0 Å². The fraction of sp³-hybridized carbons (Fsp3) is 0.533. The van der Waals surface area contributed by atoms with Crippen LogP contribution in [0.2, 0.25) is 0 Å². The first-order valence-electron chi connectivity index (χ1n) is 7.23. The van der Waals surface area contributed by atoms with Crippen molar-refractivity contribution in [1.82, 2.24) is 5.32 Å². The molecule has 1 saturated carbocycles. The van der Waals surface area contributed by atoms with Crippen molar-refractivity contribution in [2.75, 3.05) is 0 Å². The first kappa shape index (κ1) is 15.4. The quantitative estimate of drug-likeness (QED) is 0.508. The molecule has 1 aliphatic carbocycles. The van der Waals surface area contributed by atoms with Crippen molar-refractivity contribution in [3.8, 4) is 0 Å². The molecule has 6 heteroatoms. The number of carbonyl (C=O) groups is 1. The molecule has 114 valence electrons. The third-order valence-electron chi connectivity index (χ3n) is 3.96. The summed E-state index contributed by atoms with van der Waals surface area (Å²) in [6.07, 6.45) is 3.86. The molecule has 2 unspecified atom stereocenters. The van der Waals surface area contributed by atoms with Crippen molar-refractivity contribution in [3.05, 3.63) is 39.4 Å². The van der Waals surface area contributed by atoms with Gasteiger partial charge in [0, 0.05) is 17.2 Å². The van der Waals surface area contributed by atoms with Gasteiger partial charge in [0.05, 0.1) is 17.1 Å². The first-order valence-corrected chi connectivity index (χ1v) is 7.23. The number of benzene rings is 1. The van der Waals surface area contributed by atoms with E-state index in [0.29, 0.717) is 12.0 Å². The van der Waals surface area contributed by atoms with Gasteiger partial charge in [-0.2, -0.15) is 0 Å². The molecule has 1 aromatic carbocycles. The van der Waals surface area contributed by atoms with E-state index in [-0.39, 0.29) is 23.2 Å². The Hall–Kier alpha value is -1.95.